The van der Waals surface area contributed by atoms with Crippen LogP contribution in [0.25, 0.3) is 0 Å². The number of nitrogens with one attached hydrogen (secondary N) is 1. The minimum absolute atomic E-state index is 0. The third kappa shape index (κ3) is 8.74. The third-order valence-corrected chi connectivity index (χ3v) is 7.71. The number of carbonyl (C=O) groups excluding carboxylic acids is 2. The Morgan fingerprint density at radius 1 is 0.771 bits per heavy atom. The van der Waals surface area contributed by atoms with Crippen LogP contribution in [0.1, 0.15) is 13.8 Å². The van der Waals surface area contributed by atoms with Gasteiger partial charge in [0.25, 0.3) is 0 Å². The van der Waals surface area contributed by atoms with E-state index in [1.165, 1.54) is 23.4 Å². The summed E-state index contributed by atoms with van der Waals surface area (Å²) in [5, 5.41) is 5.47. The Hall–Kier alpha value is -1.67. The van der Waals surface area contributed by atoms with Crippen molar-refractivity contribution in [1.29, 1.82) is 0 Å². The van der Waals surface area contributed by atoms with Crippen molar-refractivity contribution in [3.8, 4) is 0 Å². The largest absolute Gasteiger partial charge is 2.00 e. The smallest absolute Gasteiger partial charge is 0.467 e. The monoisotopic (exact) mass is 527 g/mol. The molecular formula is C29H30FeNO3P+2. The van der Waals surface area contributed by atoms with Gasteiger partial charge in [0, 0.05) is 5.66 Å². The van der Waals surface area contributed by atoms with Gasteiger partial charge in [-0.3, -0.25) is 4.79 Å². The molecule has 10 radical (unpaired) electrons. The van der Waals surface area contributed by atoms with Crippen molar-refractivity contribution >= 4 is 30.4 Å². The van der Waals surface area contributed by atoms with E-state index in [1.807, 2.05) is 13.8 Å². The summed E-state index contributed by atoms with van der Waals surface area (Å²) < 4.78 is 4.64. The predicted molar refractivity (Wildman–Crippen MR) is 139 cm³/mol. The van der Waals surface area contributed by atoms with Crippen molar-refractivity contribution in [3.63, 3.8) is 0 Å². The van der Waals surface area contributed by atoms with Crippen LogP contribution in [-0.4, -0.2) is 25.0 Å². The van der Waals surface area contributed by atoms with Crippen LogP contribution in [0.3, 0.4) is 0 Å². The Morgan fingerprint density at radius 2 is 1.23 bits per heavy atom. The Kier molecular flexibility index (Phi) is 13.0. The van der Waals surface area contributed by atoms with Gasteiger partial charge >= 0.3 is 23.0 Å². The predicted octanol–water partition coefficient (Wildman–Crippen LogP) is 4.19. The summed E-state index contributed by atoms with van der Waals surface area (Å²) >= 11 is 0. The summed E-state index contributed by atoms with van der Waals surface area (Å²) in [4.78, 5) is 23.1. The molecule has 180 valence electrons. The Balaban J connectivity index is 0.000000242. The minimum Gasteiger partial charge on any atom is -0.467 e. The second-order valence-corrected chi connectivity index (χ2v) is 10.3. The maximum absolute atomic E-state index is 11.7. The number of carbonyl (C=O) groups is 2. The van der Waals surface area contributed by atoms with Crippen molar-refractivity contribution in [2.75, 3.05) is 7.11 Å². The van der Waals surface area contributed by atoms with Crippen LogP contribution < -0.4 is 15.9 Å². The van der Waals surface area contributed by atoms with Gasteiger partial charge in [0.2, 0.25) is 5.91 Å². The van der Waals surface area contributed by atoms with E-state index in [0.29, 0.717) is 5.92 Å². The zero-order valence-corrected chi connectivity index (χ0v) is 22.1. The van der Waals surface area contributed by atoms with Gasteiger partial charge in [-0.1, -0.05) is 74.5 Å². The molecule has 2 aromatic carbocycles. The molecule has 0 aromatic heterocycles. The summed E-state index contributed by atoms with van der Waals surface area (Å²) in [6, 6.07) is 20.9. The molecule has 0 unspecified atom stereocenters. The number of amides is 1. The Labute approximate surface area is 223 Å². The normalized spacial score (nSPS) is 16.8. The molecule has 0 spiro atoms. The second kappa shape index (κ2) is 15.4. The SMILES string of the molecule is COC(=O)[C@H](NC(=O)[C]1[CH][CH][CH][CH]1)C(C)C.[CH]1[CH][CH][C](P(c2ccccc2)c2ccccc2)[CH]1.[Fe+2]. The minimum atomic E-state index is -0.604. The summed E-state index contributed by atoms with van der Waals surface area (Å²) in [6.07, 6.45) is 15.6. The van der Waals surface area contributed by atoms with E-state index in [1.54, 1.807) is 25.7 Å². The fraction of sp³-hybridized carbons (Fsp3) is 0.172. The van der Waals surface area contributed by atoms with E-state index >= 15 is 0 Å². The van der Waals surface area contributed by atoms with E-state index in [0.717, 1.165) is 0 Å². The molecule has 2 fully saturated rings. The average Bonchev–Trinajstić information content (AvgIpc) is 3.59. The molecule has 1 atom stereocenters. The maximum atomic E-state index is 11.7. The number of esters is 1. The topological polar surface area (TPSA) is 55.4 Å². The molecule has 1 N–H and O–H groups in total. The fourth-order valence-electron chi connectivity index (χ4n) is 3.49. The molecule has 2 saturated carbocycles. The fourth-order valence-corrected chi connectivity index (χ4v) is 5.79. The van der Waals surface area contributed by atoms with Gasteiger partial charge in [0.05, 0.1) is 13.0 Å². The molecule has 2 aliphatic rings. The van der Waals surface area contributed by atoms with Gasteiger partial charge in [-0.25, -0.2) is 4.79 Å². The average molecular weight is 527 g/mol. The van der Waals surface area contributed by atoms with Crippen LogP contribution in [0.15, 0.2) is 60.7 Å². The molecule has 0 aliphatic heterocycles. The number of hydrogen-bond donors (Lipinski definition) is 1. The van der Waals surface area contributed by atoms with Crippen LogP contribution >= 0.6 is 7.92 Å². The van der Waals surface area contributed by atoms with Crippen molar-refractivity contribution in [2.45, 2.75) is 19.9 Å². The van der Waals surface area contributed by atoms with Crippen LogP contribution in [0.2, 0.25) is 0 Å². The molecule has 6 heteroatoms. The molecule has 0 heterocycles. The number of hydrogen-bond acceptors (Lipinski definition) is 3. The van der Waals surface area contributed by atoms with Gasteiger partial charge in [-0.15, -0.1) is 0 Å². The molecule has 2 aliphatic carbocycles. The number of rotatable bonds is 7. The Bertz CT molecular complexity index is 842. The van der Waals surface area contributed by atoms with E-state index in [9.17, 15) is 9.59 Å². The molecule has 4 rings (SSSR count). The number of benzene rings is 2. The number of methoxy groups -OCH3 is 1. The summed E-state index contributed by atoms with van der Waals surface area (Å²) in [7, 11) is 0.903. The van der Waals surface area contributed by atoms with Gasteiger partial charge < -0.3 is 10.1 Å². The van der Waals surface area contributed by atoms with Crippen molar-refractivity contribution < 1.29 is 31.4 Å². The first-order valence-electron chi connectivity index (χ1n) is 11.2. The van der Waals surface area contributed by atoms with Gasteiger partial charge in [0.15, 0.2) is 0 Å². The third-order valence-electron chi connectivity index (χ3n) is 5.27. The second-order valence-electron chi connectivity index (χ2n) is 8.04. The van der Waals surface area contributed by atoms with Crippen LogP contribution in [0, 0.1) is 68.9 Å². The van der Waals surface area contributed by atoms with Gasteiger partial charge in [-0.05, 0) is 75.8 Å². The van der Waals surface area contributed by atoms with Crippen LogP contribution in [0.4, 0.5) is 0 Å². The first kappa shape index (κ1) is 29.6. The van der Waals surface area contributed by atoms with E-state index in [-0.39, 0.29) is 28.9 Å². The van der Waals surface area contributed by atoms with E-state index in [4.69, 9.17) is 0 Å². The zero-order chi connectivity index (χ0) is 24.3. The van der Waals surface area contributed by atoms with Crippen molar-refractivity contribution in [2.24, 2.45) is 5.92 Å². The van der Waals surface area contributed by atoms with Crippen LogP contribution in [-0.2, 0) is 31.4 Å². The van der Waals surface area contributed by atoms with Crippen molar-refractivity contribution in [1.82, 2.24) is 5.32 Å². The quantitative estimate of drug-likeness (QED) is 0.334. The number of ether oxygens (including phenoxy) is 1. The molecule has 4 nitrogen and oxygen atoms in total. The first-order valence-corrected chi connectivity index (χ1v) is 12.6. The Morgan fingerprint density at radius 3 is 1.66 bits per heavy atom. The summed E-state index contributed by atoms with van der Waals surface area (Å²) in [6.45, 7) is 3.71. The molecule has 0 saturated heterocycles. The standard InChI is InChI=1S/C17H14P.C12H16NO3.Fe/c1-3-9-15(10-4-1)18(17-13-7-8-14-17)16-11-5-2-6-12-16;1-8(2)10(12(15)16-3)13-11(14)9-6-4-5-7-9;/h1-14H;4-8,10H,1-3H3,(H,13,14);/q;;+2/t;10-;/m.1./s1. The van der Waals surface area contributed by atoms with Crippen molar-refractivity contribution in [3.05, 3.63) is 124 Å². The molecule has 35 heavy (non-hydrogen) atoms. The first-order chi connectivity index (χ1) is 16.5. The van der Waals surface area contributed by atoms with Crippen LogP contribution in [0.5, 0.6) is 0 Å². The van der Waals surface area contributed by atoms with E-state index in [2.05, 4.69) is 96.4 Å². The van der Waals surface area contributed by atoms with Gasteiger partial charge in [0.1, 0.15) is 6.04 Å². The molecule has 1 amide bonds. The molecular weight excluding hydrogens is 497 g/mol. The molecule has 0 bridgehead atoms. The van der Waals surface area contributed by atoms with E-state index < -0.39 is 19.9 Å². The maximum Gasteiger partial charge on any atom is 2.00 e. The summed E-state index contributed by atoms with van der Waals surface area (Å²) in [5.41, 5.74) is 1.42. The van der Waals surface area contributed by atoms with Gasteiger partial charge in [-0.2, -0.15) is 0 Å². The molecule has 2 aromatic rings. The zero-order valence-electron chi connectivity index (χ0n) is 20.1. The summed E-state index contributed by atoms with van der Waals surface area (Å²) in [5.74, 6) is -0.134.